The molecular formula is C21H24N4O4. The molecule has 3 aromatic rings. The molecule has 0 atom stereocenters. The SMILES string of the molecule is Cc1ccc(OCC(=O)NNC(=O)c2cc(C(C)C)nc3onc(C)c23)cc1C. The van der Waals surface area contributed by atoms with Crippen molar-refractivity contribution in [1.29, 1.82) is 0 Å². The minimum atomic E-state index is -0.481. The Morgan fingerprint density at radius 3 is 2.55 bits per heavy atom. The van der Waals surface area contributed by atoms with Crippen molar-refractivity contribution >= 4 is 22.9 Å². The maximum absolute atomic E-state index is 12.7. The van der Waals surface area contributed by atoms with Crippen molar-refractivity contribution in [2.24, 2.45) is 0 Å². The van der Waals surface area contributed by atoms with Crippen LogP contribution in [0.15, 0.2) is 28.8 Å². The number of fused-ring (bicyclic) bond motifs is 1. The van der Waals surface area contributed by atoms with Gasteiger partial charge in [-0.1, -0.05) is 25.1 Å². The van der Waals surface area contributed by atoms with Crippen molar-refractivity contribution in [3.05, 3.63) is 52.3 Å². The standard InChI is InChI=1S/C21H24N4O4/c1-11(2)17-9-16(19-14(5)25-29-21(19)22-17)20(27)24-23-18(26)10-28-15-7-6-12(3)13(4)8-15/h6-9,11H,10H2,1-5H3,(H,23,26)(H,24,27). The van der Waals surface area contributed by atoms with Crippen LogP contribution in [-0.2, 0) is 4.79 Å². The first-order valence-electron chi connectivity index (χ1n) is 9.32. The van der Waals surface area contributed by atoms with E-state index in [9.17, 15) is 9.59 Å². The average Bonchev–Trinajstić information content (AvgIpc) is 3.07. The summed E-state index contributed by atoms with van der Waals surface area (Å²) in [5.74, 6) is -0.275. The van der Waals surface area contributed by atoms with Gasteiger partial charge < -0.3 is 9.26 Å². The van der Waals surface area contributed by atoms with Crippen molar-refractivity contribution in [2.45, 2.75) is 40.5 Å². The summed E-state index contributed by atoms with van der Waals surface area (Å²) < 4.78 is 10.7. The minimum Gasteiger partial charge on any atom is -0.484 e. The molecule has 0 unspecified atom stereocenters. The third-order valence-electron chi connectivity index (χ3n) is 4.64. The number of hydrogen-bond acceptors (Lipinski definition) is 6. The zero-order valence-corrected chi connectivity index (χ0v) is 17.1. The summed E-state index contributed by atoms with van der Waals surface area (Å²) in [5.41, 5.74) is 8.88. The number of carbonyl (C=O) groups is 2. The zero-order chi connectivity index (χ0) is 21.1. The zero-order valence-electron chi connectivity index (χ0n) is 17.1. The molecular weight excluding hydrogens is 372 g/mol. The van der Waals surface area contributed by atoms with Gasteiger partial charge in [0.2, 0.25) is 0 Å². The largest absolute Gasteiger partial charge is 0.484 e. The lowest BCUT2D eigenvalue weighted by atomic mass is 10.0. The molecule has 8 heteroatoms. The van der Waals surface area contributed by atoms with Crippen LogP contribution in [0.2, 0.25) is 0 Å². The van der Waals surface area contributed by atoms with E-state index in [4.69, 9.17) is 9.26 Å². The molecule has 0 aliphatic rings. The summed E-state index contributed by atoms with van der Waals surface area (Å²) in [5, 5.41) is 4.41. The Balaban J connectivity index is 1.66. The number of pyridine rings is 1. The van der Waals surface area contributed by atoms with E-state index in [0.717, 1.165) is 11.1 Å². The molecule has 0 radical (unpaired) electrons. The van der Waals surface area contributed by atoms with E-state index in [2.05, 4.69) is 21.0 Å². The van der Waals surface area contributed by atoms with Gasteiger partial charge in [0.1, 0.15) is 5.75 Å². The first-order chi connectivity index (χ1) is 13.8. The van der Waals surface area contributed by atoms with Gasteiger partial charge in [-0.2, -0.15) is 0 Å². The molecule has 0 bridgehead atoms. The third-order valence-corrected chi connectivity index (χ3v) is 4.64. The summed E-state index contributed by atoms with van der Waals surface area (Å²) in [6, 6.07) is 7.26. The smallest absolute Gasteiger partial charge is 0.276 e. The second-order valence-electron chi connectivity index (χ2n) is 7.23. The molecule has 0 spiro atoms. The molecule has 29 heavy (non-hydrogen) atoms. The molecule has 152 valence electrons. The van der Waals surface area contributed by atoms with Crippen LogP contribution in [0.25, 0.3) is 11.1 Å². The predicted molar refractivity (Wildman–Crippen MR) is 108 cm³/mol. The van der Waals surface area contributed by atoms with E-state index in [1.54, 1.807) is 19.1 Å². The Morgan fingerprint density at radius 2 is 1.86 bits per heavy atom. The highest BCUT2D eigenvalue weighted by molar-refractivity contribution is 6.06. The van der Waals surface area contributed by atoms with Crippen LogP contribution in [0.1, 0.15) is 52.6 Å². The van der Waals surface area contributed by atoms with E-state index >= 15 is 0 Å². The van der Waals surface area contributed by atoms with Gasteiger partial charge in [0.15, 0.2) is 6.61 Å². The lowest BCUT2D eigenvalue weighted by Crippen LogP contribution is -2.44. The fourth-order valence-electron chi connectivity index (χ4n) is 2.77. The summed E-state index contributed by atoms with van der Waals surface area (Å²) in [4.78, 5) is 29.1. The average molecular weight is 396 g/mol. The minimum absolute atomic E-state index is 0.0947. The number of rotatable bonds is 5. The molecule has 0 saturated carbocycles. The molecule has 0 fully saturated rings. The maximum Gasteiger partial charge on any atom is 0.276 e. The molecule has 3 rings (SSSR count). The summed E-state index contributed by atoms with van der Waals surface area (Å²) in [6.45, 7) is 9.40. The van der Waals surface area contributed by atoms with E-state index in [1.807, 2.05) is 39.8 Å². The number of ether oxygens (including phenoxy) is 1. The molecule has 2 amide bonds. The topological polar surface area (TPSA) is 106 Å². The van der Waals surface area contributed by atoms with Crippen LogP contribution in [0.5, 0.6) is 5.75 Å². The predicted octanol–water partition coefficient (Wildman–Crippen LogP) is 3.11. The maximum atomic E-state index is 12.7. The molecule has 0 aliphatic heterocycles. The highest BCUT2D eigenvalue weighted by Gasteiger charge is 2.20. The number of amides is 2. The van der Waals surface area contributed by atoms with Gasteiger partial charge in [0.05, 0.1) is 16.6 Å². The lowest BCUT2D eigenvalue weighted by molar-refractivity contribution is -0.123. The Morgan fingerprint density at radius 1 is 1.10 bits per heavy atom. The Kier molecular flexibility index (Phi) is 5.81. The number of carbonyl (C=O) groups excluding carboxylic acids is 2. The van der Waals surface area contributed by atoms with E-state index in [1.165, 1.54) is 0 Å². The highest BCUT2D eigenvalue weighted by Crippen LogP contribution is 2.25. The van der Waals surface area contributed by atoms with Gasteiger partial charge in [-0.15, -0.1) is 0 Å². The molecule has 2 N–H and O–H groups in total. The van der Waals surface area contributed by atoms with Crippen molar-refractivity contribution in [1.82, 2.24) is 21.0 Å². The van der Waals surface area contributed by atoms with Crippen molar-refractivity contribution < 1.29 is 18.8 Å². The van der Waals surface area contributed by atoms with Crippen molar-refractivity contribution in [3.63, 3.8) is 0 Å². The number of benzene rings is 1. The van der Waals surface area contributed by atoms with Gasteiger partial charge in [0, 0.05) is 5.69 Å². The summed E-state index contributed by atoms with van der Waals surface area (Å²) >= 11 is 0. The van der Waals surface area contributed by atoms with E-state index in [-0.39, 0.29) is 12.5 Å². The van der Waals surface area contributed by atoms with Gasteiger partial charge in [-0.3, -0.25) is 20.4 Å². The van der Waals surface area contributed by atoms with Crippen LogP contribution in [0.4, 0.5) is 0 Å². The number of aryl methyl sites for hydroxylation is 3. The monoisotopic (exact) mass is 396 g/mol. The first-order valence-corrected chi connectivity index (χ1v) is 9.32. The molecule has 1 aromatic carbocycles. The van der Waals surface area contributed by atoms with Gasteiger partial charge in [-0.05, 0) is 56.0 Å². The fourth-order valence-corrected chi connectivity index (χ4v) is 2.77. The second-order valence-corrected chi connectivity index (χ2v) is 7.23. The van der Waals surface area contributed by atoms with E-state index in [0.29, 0.717) is 33.8 Å². The Labute approximate surface area is 168 Å². The van der Waals surface area contributed by atoms with E-state index < -0.39 is 11.8 Å². The third kappa shape index (κ3) is 4.53. The first kappa shape index (κ1) is 20.3. The molecule has 2 heterocycles. The normalized spacial score (nSPS) is 11.0. The van der Waals surface area contributed by atoms with Crippen LogP contribution < -0.4 is 15.6 Å². The number of hydrazine groups is 1. The van der Waals surface area contributed by atoms with Crippen molar-refractivity contribution in [2.75, 3.05) is 6.61 Å². The fraction of sp³-hybridized carbons (Fsp3) is 0.333. The van der Waals surface area contributed by atoms with Gasteiger partial charge in [-0.25, -0.2) is 4.98 Å². The highest BCUT2D eigenvalue weighted by atomic mass is 16.5. The number of nitrogens with one attached hydrogen (secondary N) is 2. The van der Waals surface area contributed by atoms with Crippen LogP contribution in [-0.4, -0.2) is 28.6 Å². The number of nitrogens with zero attached hydrogens (tertiary/aromatic N) is 2. The quantitative estimate of drug-likeness (QED) is 0.642. The van der Waals surface area contributed by atoms with Crippen LogP contribution >= 0.6 is 0 Å². The van der Waals surface area contributed by atoms with Crippen molar-refractivity contribution in [3.8, 4) is 5.75 Å². The Hall–Kier alpha value is -3.42. The molecule has 0 aliphatic carbocycles. The van der Waals surface area contributed by atoms with Gasteiger partial charge in [0.25, 0.3) is 17.5 Å². The number of hydrogen-bond donors (Lipinski definition) is 2. The molecule has 0 saturated heterocycles. The van der Waals surface area contributed by atoms with Crippen LogP contribution in [0, 0.1) is 20.8 Å². The summed E-state index contributed by atoms with van der Waals surface area (Å²) in [6.07, 6.45) is 0. The Bertz CT molecular complexity index is 1070. The second kappa shape index (κ2) is 8.30. The van der Waals surface area contributed by atoms with Gasteiger partial charge >= 0.3 is 0 Å². The van der Waals surface area contributed by atoms with Crippen LogP contribution in [0.3, 0.4) is 0 Å². The molecule has 2 aromatic heterocycles. The number of aromatic nitrogens is 2. The lowest BCUT2D eigenvalue weighted by Gasteiger charge is -2.11. The molecule has 8 nitrogen and oxygen atoms in total. The summed E-state index contributed by atoms with van der Waals surface area (Å²) in [7, 11) is 0.